The molecule has 160 valence electrons. The molecule has 31 heavy (non-hydrogen) atoms. The molecule has 0 aromatic heterocycles. The third-order valence-electron chi connectivity index (χ3n) is 6.67. The minimum absolute atomic E-state index is 0.112. The molecule has 0 radical (unpaired) electrons. The zero-order valence-corrected chi connectivity index (χ0v) is 17.5. The Morgan fingerprint density at radius 2 is 1.55 bits per heavy atom. The van der Waals surface area contributed by atoms with Gasteiger partial charge in [0.25, 0.3) is 0 Å². The van der Waals surface area contributed by atoms with E-state index in [1.54, 1.807) is 16.8 Å². The van der Waals surface area contributed by atoms with Gasteiger partial charge in [0.05, 0.1) is 12.1 Å². The molecule has 0 unspecified atom stereocenters. The van der Waals surface area contributed by atoms with Gasteiger partial charge >= 0.3 is 6.03 Å². The van der Waals surface area contributed by atoms with Crippen LogP contribution in [0.25, 0.3) is 10.8 Å². The molecule has 6 atom stereocenters. The molecular weight excluding hydrogens is 392 g/mol. The molecule has 2 aliphatic rings. The van der Waals surface area contributed by atoms with E-state index >= 15 is 0 Å². The maximum atomic E-state index is 13.2. The summed E-state index contributed by atoms with van der Waals surface area (Å²) in [6.45, 7) is 1.98. The molecule has 2 N–H and O–H groups in total. The normalized spacial score (nSPS) is 31.0. The topological polar surface area (TPSA) is 73.2 Å². The van der Waals surface area contributed by atoms with Gasteiger partial charge in [0.1, 0.15) is 18.3 Å². The fourth-order valence-electron chi connectivity index (χ4n) is 4.92. The predicted octanol–water partition coefficient (Wildman–Crippen LogP) is 3.46. The van der Waals surface area contributed by atoms with Crippen LogP contribution < -0.4 is 0 Å². The molecular formula is C25H26N2O4. The van der Waals surface area contributed by atoms with E-state index in [9.17, 15) is 15.0 Å². The first-order valence-electron chi connectivity index (χ1n) is 10.6. The first kappa shape index (κ1) is 20.0. The SMILES string of the molecule is C[C@H]1[C@@H](c2ccccc2)N([C@H]2O[C@@H](c3cccc4ccccc34)[C@H](O)[C@@H]2O)C(=O)N1C. The van der Waals surface area contributed by atoms with Gasteiger partial charge in [-0.2, -0.15) is 0 Å². The monoisotopic (exact) mass is 418 g/mol. The Bertz CT molecular complexity index is 1100. The van der Waals surface area contributed by atoms with Crippen LogP contribution >= 0.6 is 0 Å². The van der Waals surface area contributed by atoms with Gasteiger partial charge in [-0.3, -0.25) is 4.90 Å². The molecule has 3 aromatic carbocycles. The van der Waals surface area contributed by atoms with Crippen molar-refractivity contribution in [2.75, 3.05) is 7.05 Å². The van der Waals surface area contributed by atoms with Crippen LogP contribution in [0.15, 0.2) is 72.8 Å². The Labute approximate surface area is 181 Å². The summed E-state index contributed by atoms with van der Waals surface area (Å²) in [5.74, 6) is 0. The van der Waals surface area contributed by atoms with Crippen LogP contribution in [0.3, 0.4) is 0 Å². The maximum Gasteiger partial charge on any atom is 0.322 e. The molecule has 5 rings (SSSR count). The summed E-state index contributed by atoms with van der Waals surface area (Å²) in [6.07, 6.45) is -4.07. The number of ether oxygens (including phenoxy) is 1. The molecule has 3 aromatic rings. The molecule has 6 heteroatoms. The quantitative estimate of drug-likeness (QED) is 0.683. The first-order chi connectivity index (χ1) is 15.0. The van der Waals surface area contributed by atoms with Crippen molar-refractivity contribution >= 4 is 16.8 Å². The minimum Gasteiger partial charge on any atom is -0.387 e. The first-order valence-corrected chi connectivity index (χ1v) is 10.6. The largest absolute Gasteiger partial charge is 0.387 e. The zero-order chi connectivity index (χ0) is 21.7. The number of hydrogen-bond donors (Lipinski definition) is 2. The van der Waals surface area contributed by atoms with Crippen LogP contribution in [-0.2, 0) is 4.74 Å². The fraction of sp³-hybridized carbons (Fsp3) is 0.320. The molecule has 0 saturated carbocycles. The number of aliphatic hydroxyl groups excluding tert-OH is 2. The van der Waals surface area contributed by atoms with Crippen LogP contribution in [0.5, 0.6) is 0 Å². The average molecular weight is 418 g/mol. The minimum atomic E-state index is -1.22. The highest BCUT2D eigenvalue weighted by Crippen LogP contribution is 2.44. The highest BCUT2D eigenvalue weighted by Gasteiger charge is 2.54. The molecule has 2 amide bonds. The van der Waals surface area contributed by atoms with E-state index in [-0.39, 0.29) is 18.1 Å². The van der Waals surface area contributed by atoms with E-state index < -0.39 is 24.5 Å². The molecule has 0 bridgehead atoms. The lowest BCUT2D eigenvalue weighted by Crippen LogP contribution is -2.46. The van der Waals surface area contributed by atoms with E-state index in [0.717, 1.165) is 21.9 Å². The Kier molecular flexibility index (Phi) is 4.93. The zero-order valence-electron chi connectivity index (χ0n) is 17.5. The summed E-state index contributed by atoms with van der Waals surface area (Å²) in [5.41, 5.74) is 1.77. The van der Waals surface area contributed by atoms with Gasteiger partial charge in [-0.25, -0.2) is 4.79 Å². The fourth-order valence-corrected chi connectivity index (χ4v) is 4.92. The number of amides is 2. The van der Waals surface area contributed by atoms with Crippen molar-refractivity contribution < 1.29 is 19.7 Å². The second kappa shape index (κ2) is 7.64. The van der Waals surface area contributed by atoms with Crippen LogP contribution in [0.1, 0.15) is 30.2 Å². The lowest BCUT2D eigenvalue weighted by atomic mass is 9.96. The van der Waals surface area contributed by atoms with Crippen molar-refractivity contribution in [3.8, 4) is 0 Å². The number of likely N-dealkylation sites (N-methyl/N-ethyl adjacent to an activating group) is 1. The molecule has 2 fully saturated rings. The Balaban J connectivity index is 1.53. The lowest BCUT2D eigenvalue weighted by molar-refractivity contribution is -0.0783. The molecule has 2 saturated heterocycles. The van der Waals surface area contributed by atoms with Crippen molar-refractivity contribution in [3.05, 3.63) is 83.9 Å². The smallest absolute Gasteiger partial charge is 0.322 e. The number of fused-ring (bicyclic) bond motifs is 1. The number of carbonyl (C=O) groups excluding carboxylic acids is 1. The van der Waals surface area contributed by atoms with Crippen LogP contribution in [0.2, 0.25) is 0 Å². The summed E-state index contributed by atoms with van der Waals surface area (Å²) in [6, 6.07) is 22.8. The van der Waals surface area contributed by atoms with Crippen molar-refractivity contribution in [2.24, 2.45) is 0 Å². The highest BCUT2D eigenvalue weighted by atomic mass is 16.6. The second-order valence-electron chi connectivity index (χ2n) is 8.39. The second-order valence-corrected chi connectivity index (χ2v) is 8.39. The Morgan fingerprint density at radius 1 is 0.871 bits per heavy atom. The molecule has 2 heterocycles. The van der Waals surface area contributed by atoms with Gasteiger partial charge in [-0.15, -0.1) is 0 Å². The summed E-state index contributed by atoms with van der Waals surface area (Å²) in [4.78, 5) is 16.4. The van der Waals surface area contributed by atoms with Crippen LogP contribution in [-0.4, -0.2) is 57.6 Å². The van der Waals surface area contributed by atoms with E-state index in [1.807, 2.05) is 79.7 Å². The van der Waals surface area contributed by atoms with Crippen molar-refractivity contribution in [3.63, 3.8) is 0 Å². The van der Waals surface area contributed by atoms with Crippen molar-refractivity contribution in [1.29, 1.82) is 0 Å². The van der Waals surface area contributed by atoms with E-state index in [1.165, 1.54) is 0 Å². The van der Waals surface area contributed by atoms with E-state index in [0.29, 0.717) is 0 Å². The lowest BCUT2D eigenvalue weighted by Gasteiger charge is -2.32. The average Bonchev–Trinajstić information content (AvgIpc) is 3.21. The number of rotatable bonds is 3. The predicted molar refractivity (Wildman–Crippen MR) is 117 cm³/mol. The van der Waals surface area contributed by atoms with Crippen molar-refractivity contribution in [1.82, 2.24) is 9.80 Å². The van der Waals surface area contributed by atoms with Gasteiger partial charge < -0.3 is 19.8 Å². The van der Waals surface area contributed by atoms with Crippen molar-refractivity contribution in [2.45, 2.75) is 43.5 Å². The maximum absolute atomic E-state index is 13.2. The van der Waals surface area contributed by atoms with Gasteiger partial charge in [-0.1, -0.05) is 72.8 Å². The molecule has 6 nitrogen and oxygen atoms in total. The van der Waals surface area contributed by atoms with E-state index in [4.69, 9.17) is 4.74 Å². The summed E-state index contributed by atoms with van der Waals surface area (Å²) in [7, 11) is 1.75. The number of benzene rings is 3. The molecule has 0 spiro atoms. The summed E-state index contributed by atoms with van der Waals surface area (Å²) in [5, 5.41) is 23.9. The number of hydrogen-bond acceptors (Lipinski definition) is 4. The highest BCUT2D eigenvalue weighted by molar-refractivity contribution is 5.86. The standard InChI is InChI=1S/C25H26N2O4/c1-15-20(17-10-4-3-5-11-17)27(25(30)26(15)2)24-22(29)21(28)23(31-24)19-14-8-12-16-9-6-7-13-18(16)19/h3-15,20-24,28-29H,1-2H3/t15-,20-,21+,22-,23-,24-/m0/s1. The van der Waals surface area contributed by atoms with Gasteiger partial charge in [-0.05, 0) is 28.8 Å². The van der Waals surface area contributed by atoms with Gasteiger partial charge in [0.15, 0.2) is 6.23 Å². The summed E-state index contributed by atoms with van der Waals surface area (Å²) >= 11 is 0. The Hall–Kier alpha value is -2.93. The van der Waals surface area contributed by atoms with E-state index in [2.05, 4.69) is 0 Å². The summed E-state index contributed by atoms with van der Waals surface area (Å²) < 4.78 is 6.26. The molecule has 2 aliphatic heterocycles. The third-order valence-corrected chi connectivity index (χ3v) is 6.67. The van der Waals surface area contributed by atoms with Gasteiger partial charge in [0.2, 0.25) is 0 Å². The number of nitrogens with zero attached hydrogens (tertiary/aromatic N) is 2. The third kappa shape index (κ3) is 3.10. The Morgan fingerprint density at radius 3 is 2.32 bits per heavy atom. The number of urea groups is 1. The van der Waals surface area contributed by atoms with Gasteiger partial charge in [0, 0.05) is 7.05 Å². The number of aliphatic hydroxyl groups is 2. The van der Waals surface area contributed by atoms with Crippen LogP contribution in [0.4, 0.5) is 4.79 Å². The van der Waals surface area contributed by atoms with Crippen LogP contribution in [0, 0.1) is 0 Å². The number of carbonyl (C=O) groups is 1. The molecule has 0 aliphatic carbocycles.